The van der Waals surface area contributed by atoms with E-state index in [9.17, 15) is 24.0 Å². The third-order valence-corrected chi connectivity index (χ3v) is 4.79. The number of nitrogens with zero attached hydrogens (tertiary/aromatic N) is 4. The van der Waals surface area contributed by atoms with Crippen molar-refractivity contribution in [2.75, 3.05) is 12.3 Å². The number of anilines is 1. The third-order valence-electron chi connectivity index (χ3n) is 4.79. The Morgan fingerprint density at radius 3 is 2.35 bits per heavy atom. The van der Waals surface area contributed by atoms with Gasteiger partial charge in [-0.1, -0.05) is 25.1 Å². The largest absolute Gasteiger partial charge is 0.452 e. The van der Waals surface area contributed by atoms with Gasteiger partial charge in [0.1, 0.15) is 11.4 Å². The van der Waals surface area contributed by atoms with Gasteiger partial charge in [0.2, 0.25) is 5.78 Å². The fourth-order valence-corrected chi connectivity index (χ4v) is 3.21. The molecule has 0 radical (unpaired) electrons. The van der Waals surface area contributed by atoms with Gasteiger partial charge in [-0.25, -0.2) is 14.3 Å². The molecule has 31 heavy (non-hydrogen) atoms. The molecule has 0 aliphatic carbocycles. The van der Waals surface area contributed by atoms with Crippen molar-refractivity contribution in [3.63, 3.8) is 0 Å². The molecular weight excluding hydrogens is 406 g/mol. The number of carbonyl (C=O) groups is 2. The highest BCUT2D eigenvalue weighted by Crippen LogP contribution is 2.14. The van der Waals surface area contributed by atoms with E-state index in [2.05, 4.69) is 5.10 Å². The second-order valence-electron chi connectivity index (χ2n) is 6.88. The van der Waals surface area contributed by atoms with Crippen LogP contribution < -0.4 is 22.5 Å². The standard InChI is InChI=1S/C20H21N5O6/c1-4-9-25-16(21)14(18(28)23(2)20(25)30)13(26)10-31-19(29)15-11-7-5-6-8-12(11)17(27)24(3)22-15/h5-8H,4,9-10,21H2,1-3H3. The minimum atomic E-state index is -0.947. The molecule has 0 saturated heterocycles. The zero-order chi connectivity index (χ0) is 22.9. The number of carbonyl (C=O) groups excluding carboxylic acids is 2. The van der Waals surface area contributed by atoms with Gasteiger partial charge in [0.25, 0.3) is 11.1 Å². The molecule has 0 aliphatic rings. The van der Waals surface area contributed by atoms with Crippen LogP contribution in [0.5, 0.6) is 0 Å². The number of aryl methyl sites for hydroxylation is 1. The van der Waals surface area contributed by atoms with E-state index in [0.717, 1.165) is 13.8 Å². The van der Waals surface area contributed by atoms with Crippen LogP contribution >= 0.6 is 0 Å². The Kier molecular flexibility index (Phi) is 5.86. The van der Waals surface area contributed by atoms with Gasteiger partial charge >= 0.3 is 11.7 Å². The summed E-state index contributed by atoms with van der Waals surface area (Å²) in [6, 6.07) is 6.36. The van der Waals surface area contributed by atoms with Crippen molar-refractivity contribution in [1.82, 2.24) is 18.9 Å². The van der Waals surface area contributed by atoms with Gasteiger partial charge in [0.15, 0.2) is 12.3 Å². The van der Waals surface area contributed by atoms with E-state index in [4.69, 9.17) is 10.5 Å². The van der Waals surface area contributed by atoms with Gasteiger partial charge < -0.3 is 10.5 Å². The lowest BCUT2D eigenvalue weighted by Gasteiger charge is -2.14. The molecule has 0 atom stereocenters. The molecule has 1 aromatic carbocycles. The topological polar surface area (TPSA) is 148 Å². The molecule has 0 aliphatic heterocycles. The van der Waals surface area contributed by atoms with Crippen LogP contribution in [0.25, 0.3) is 10.8 Å². The highest BCUT2D eigenvalue weighted by molar-refractivity contribution is 6.05. The Balaban J connectivity index is 1.94. The van der Waals surface area contributed by atoms with Crippen LogP contribution in [0.2, 0.25) is 0 Å². The number of rotatable bonds is 6. The van der Waals surface area contributed by atoms with E-state index in [1.165, 1.54) is 20.2 Å². The number of fused-ring (bicyclic) bond motifs is 1. The Morgan fingerprint density at radius 1 is 1.06 bits per heavy atom. The Labute approximate surface area is 175 Å². The van der Waals surface area contributed by atoms with Crippen LogP contribution in [-0.4, -0.2) is 37.3 Å². The fourth-order valence-electron chi connectivity index (χ4n) is 3.21. The van der Waals surface area contributed by atoms with Crippen LogP contribution in [0, 0.1) is 0 Å². The second-order valence-corrected chi connectivity index (χ2v) is 6.88. The number of hydrogen-bond acceptors (Lipinski definition) is 8. The number of aromatic nitrogens is 4. The summed E-state index contributed by atoms with van der Waals surface area (Å²) in [6.45, 7) is 1.24. The molecule has 11 nitrogen and oxygen atoms in total. The van der Waals surface area contributed by atoms with Gasteiger partial charge in [0.05, 0.1) is 5.39 Å². The first kappa shape index (κ1) is 21.7. The lowest BCUT2D eigenvalue weighted by molar-refractivity contribution is 0.0468. The first-order valence-corrected chi connectivity index (χ1v) is 9.44. The lowest BCUT2D eigenvalue weighted by atomic mass is 10.1. The number of benzene rings is 1. The zero-order valence-corrected chi connectivity index (χ0v) is 17.2. The van der Waals surface area contributed by atoms with Crippen molar-refractivity contribution in [1.29, 1.82) is 0 Å². The zero-order valence-electron chi connectivity index (χ0n) is 17.2. The average molecular weight is 427 g/mol. The summed E-state index contributed by atoms with van der Waals surface area (Å²) < 4.78 is 7.97. The first-order valence-electron chi connectivity index (χ1n) is 9.44. The molecule has 0 amide bonds. The van der Waals surface area contributed by atoms with Crippen molar-refractivity contribution in [2.24, 2.45) is 14.1 Å². The van der Waals surface area contributed by atoms with Crippen LogP contribution in [0.3, 0.4) is 0 Å². The van der Waals surface area contributed by atoms with E-state index in [1.807, 2.05) is 6.92 Å². The molecule has 3 aromatic rings. The van der Waals surface area contributed by atoms with Crippen molar-refractivity contribution >= 4 is 28.3 Å². The third kappa shape index (κ3) is 3.77. The number of nitrogen functional groups attached to an aromatic ring is 1. The maximum atomic E-state index is 12.7. The minimum Gasteiger partial charge on any atom is -0.452 e. The molecule has 0 bridgehead atoms. The van der Waals surface area contributed by atoms with Crippen LogP contribution in [-0.2, 0) is 25.4 Å². The Hall–Kier alpha value is -4.02. The van der Waals surface area contributed by atoms with Crippen molar-refractivity contribution < 1.29 is 14.3 Å². The average Bonchev–Trinajstić information content (AvgIpc) is 2.76. The molecule has 0 saturated carbocycles. The number of esters is 1. The van der Waals surface area contributed by atoms with E-state index < -0.39 is 40.7 Å². The lowest BCUT2D eigenvalue weighted by Crippen LogP contribution is -2.43. The van der Waals surface area contributed by atoms with Crippen molar-refractivity contribution in [2.45, 2.75) is 19.9 Å². The summed E-state index contributed by atoms with van der Waals surface area (Å²) in [5, 5.41) is 4.47. The van der Waals surface area contributed by atoms with Crippen molar-refractivity contribution in [3.8, 4) is 0 Å². The molecule has 3 rings (SSSR count). The second kappa shape index (κ2) is 8.38. The van der Waals surface area contributed by atoms with Gasteiger partial charge in [0, 0.05) is 26.0 Å². The smallest absolute Gasteiger partial charge is 0.359 e. The molecule has 2 N–H and O–H groups in total. The van der Waals surface area contributed by atoms with E-state index in [-0.39, 0.29) is 28.8 Å². The molecule has 0 fully saturated rings. The minimum absolute atomic E-state index is 0.151. The van der Waals surface area contributed by atoms with E-state index in [0.29, 0.717) is 6.42 Å². The normalized spacial score (nSPS) is 10.9. The van der Waals surface area contributed by atoms with Crippen LogP contribution in [0.1, 0.15) is 34.2 Å². The first-order chi connectivity index (χ1) is 14.7. The maximum Gasteiger partial charge on any atom is 0.359 e. The predicted octanol–water partition coefficient (Wildman–Crippen LogP) is -0.174. The predicted molar refractivity (Wildman–Crippen MR) is 112 cm³/mol. The van der Waals surface area contributed by atoms with Gasteiger partial charge in [-0.3, -0.25) is 23.5 Å². The van der Waals surface area contributed by atoms with Gasteiger partial charge in [-0.05, 0) is 12.5 Å². The molecule has 162 valence electrons. The fraction of sp³-hybridized carbons (Fsp3) is 0.300. The highest BCUT2D eigenvalue weighted by Gasteiger charge is 2.24. The van der Waals surface area contributed by atoms with E-state index in [1.54, 1.807) is 18.2 Å². The summed E-state index contributed by atoms with van der Waals surface area (Å²) in [5.74, 6) is -2.08. The molecule has 0 unspecified atom stereocenters. The quantitative estimate of drug-likeness (QED) is 0.421. The molecular formula is C20H21N5O6. The van der Waals surface area contributed by atoms with Crippen LogP contribution in [0.15, 0.2) is 38.6 Å². The summed E-state index contributed by atoms with van der Waals surface area (Å²) in [5.41, 5.74) is 3.42. The number of nitrogens with two attached hydrogens (primary N) is 1. The number of ketones is 1. The molecule has 2 heterocycles. The molecule has 11 heteroatoms. The van der Waals surface area contributed by atoms with Crippen molar-refractivity contribution in [3.05, 3.63) is 66.7 Å². The molecule has 2 aromatic heterocycles. The number of ether oxygens (including phenoxy) is 1. The summed E-state index contributed by atoms with van der Waals surface area (Å²) in [6.07, 6.45) is 0.552. The number of Topliss-reactive ketones (excluding diaryl/α,β-unsaturated/α-hetero) is 1. The SMILES string of the molecule is CCCn1c(N)c(C(=O)COC(=O)c2nn(C)c(=O)c3ccccc23)c(=O)n(C)c1=O. The van der Waals surface area contributed by atoms with E-state index >= 15 is 0 Å². The van der Waals surface area contributed by atoms with Gasteiger partial charge in [-0.2, -0.15) is 5.10 Å². The summed E-state index contributed by atoms with van der Waals surface area (Å²) >= 11 is 0. The summed E-state index contributed by atoms with van der Waals surface area (Å²) in [7, 11) is 2.62. The Morgan fingerprint density at radius 2 is 1.71 bits per heavy atom. The molecule has 0 spiro atoms. The number of hydrogen-bond donors (Lipinski definition) is 1. The van der Waals surface area contributed by atoms with Gasteiger partial charge in [-0.15, -0.1) is 0 Å². The van der Waals surface area contributed by atoms with Crippen LogP contribution in [0.4, 0.5) is 5.82 Å². The monoisotopic (exact) mass is 427 g/mol. The highest BCUT2D eigenvalue weighted by atomic mass is 16.5. The Bertz CT molecular complexity index is 1380. The maximum absolute atomic E-state index is 12.7. The summed E-state index contributed by atoms with van der Waals surface area (Å²) in [4.78, 5) is 62.1.